The number of nitrogens with zero attached hydrogens (tertiary/aromatic N) is 1. The molecule has 1 aromatic heterocycles. The molecule has 1 aliphatic heterocycles. The molecule has 2 heterocycles. The van der Waals surface area contributed by atoms with Crippen LogP contribution in [0, 0.1) is 0 Å². The maximum Gasteiger partial charge on any atom is 0.410 e. The van der Waals surface area contributed by atoms with Crippen molar-refractivity contribution in [3.63, 3.8) is 0 Å². The standard InChI is InChI=1S/C15H20BrNO4S/c1-15(2,3)21-14(19)17-4-5-20-8-11(17)7-12(18)13-6-10(16)9-22-13/h6,9,11H,4-5,7-8H2,1-3H3. The van der Waals surface area contributed by atoms with Crippen molar-refractivity contribution in [2.75, 3.05) is 19.8 Å². The van der Waals surface area contributed by atoms with Crippen molar-refractivity contribution in [2.45, 2.75) is 38.8 Å². The number of hydrogen-bond acceptors (Lipinski definition) is 5. The van der Waals surface area contributed by atoms with Gasteiger partial charge in [0.15, 0.2) is 5.78 Å². The van der Waals surface area contributed by atoms with E-state index in [9.17, 15) is 9.59 Å². The Morgan fingerprint density at radius 2 is 2.23 bits per heavy atom. The van der Waals surface area contributed by atoms with Gasteiger partial charge < -0.3 is 14.4 Å². The molecule has 0 saturated carbocycles. The lowest BCUT2D eigenvalue weighted by Crippen LogP contribution is -2.51. The summed E-state index contributed by atoms with van der Waals surface area (Å²) in [6, 6.07) is 1.52. The van der Waals surface area contributed by atoms with Crippen molar-refractivity contribution >= 4 is 39.1 Å². The normalized spacial score (nSPS) is 19.1. The van der Waals surface area contributed by atoms with Crippen LogP contribution in [0.15, 0.2) is 15.9 Å². The third kappa shape index (κ3) is 4.79. The van der Waals surface area contributed by atoms with E-state index in [1.54, 1.807) is 11.0 Å². The fourth-order valence-corrected chi connectivity index (χ4v) is 3.54. The average Bonchev–Trinajstić information content (AvgIpc) is 2.84. The minimum Gasteiger partial charge on any atom is -0.444 e. The molecule has 1 aliphatic rings. The van der Waals surface area contributed by atoms with Gasteiger partial charge in [-0.15, -0.1) is 11.3 Å². The first kappa shape index (κ1) is 17.4. The van der Waals surface area contributed by atoms with Gasteiger partial charge in [0.25, 0.3) is 0 Å². The summed E-state index contributed by atoms with van der Waals surface area (Å²) >= 11 is 4.74. The third-order valence-electron chi connectivity index (χ3n) is 3.12. The van der Waals surface area contributed by atoms with E-state index in [0.29, 0.717) is 24.6 Å². The van der Waals surface area contributed by atoms with Crippen LogP contribution in [0.2, 0.25) is 0 Å². The Morgan fingerprint density at radius 1 is 1.50 bits per heavy atom. The van der Waals surface area contributed by atoms with Gasteiger partial charge in [-0.25, -0.2) is 4.79 Å². The molecule has 1 amide bonds. The van der Waals surface area contributed by atoms with Gasteiger partial charge >= 0.3 is 6.09 Å². The Kier molecular flexibility index (Phi) is 5.63. The van der Waals surface area contributed by atoms with Crippen molar-refractivity contribution in [2.24, 2.45) is 0 Å². The number of ketones is 1. The van der Waals surface area contributed by atoms with Gasteiger partial charge in [0, 0.05) is 22.8 Å². The van der Waals surface area contributed by atoms with E-state index in [0.717, 1.165) is 4.47 Å². The van der Waals surface area contributed by atoms with Crippen LogP contribution >= 0.6 is 27.3 Å². The summed E-state index contributed by atoms with van der Waals surface area (Å²) in [4.78, 5) is 26.9. The Bertz CT molecular complexity index is 552. The van der Waals surface area contributed by atoms with Crippen LogP contribution in [0.25, 0.3) is 0 Å². The molecular weight excluding hydrogens is 370 g/mol. The van der Waals surface area contributed by atoms with Crippen molar-refractivity contribution in [1.29, 1.82) is 0 Å². The number of Topliss-reactive ketones (excluding diaryl/α,β-unsaturated/α-hetero) is 1. The second-order valence-corrected chi connectivity index (χ2v) is 7.99. The van der Waals surface area contributed by atoms with E-state index < -0.39 is 5.60 Å². The first-order valence-corrected chi connectivity index (χ1v) is 8.78. The largest absolute Gasteiger partial charge is 0.444 e. The molecule has 0 radical (unpaired) electrons. The quantitative estimate of drug-likeness (QED) is 0.739. The number of carbonyl (C=O) groups is 2. The minimum atomic E-state index is -0.553. The van der Waals surface area contributed by atoms with Gasteiger partial charge in [0.1, 0.15) is 5.60 Å². The number of thiophene rings is 1. The zero-order chi connectivity index (χ0) is 16.3. The Balaban J connectivity index is 2.03. The second kappa shape index (κ2) is 7.10. The predicted molar refractivity (Wildman–Crippen MR) is 88.5 cm³/mol. The lowest BCUT2D eigenvalue weighted by atomic mass is 10.1. The predicted octanol–water partition coefficient (Wildman–Crippen LogP) is 3.72. The van der Waals surface area contributed by atoms with Crippen LogP contribution in [0.4, 0.5) is 4.79 Å². The first-order chi connectivity index (χ1) is 10.3. The molecule has 1 aromatic rings. The van der Waals surface area contributed by atoms with Crippen molar-refractivity contribution in [1.82, 2.24) is 4.90 Å². The molecule has 7 heteroatoms. The fraction of sp³-hybridized carbons (Fsp3) is 0.600. The molecule has 1 saturated heterocycles. The van der Waals surface area contributed by atoms with E-state index in [-0.39, 0.29) is 24.3 Å². The molecule has 0 aliphatic carbocycles. The van der Waals surface area contributed by atoms with E-state index >= 15 is 0 Å². The summed E-state index contributed by atoms with van der Waals surface area (Å²) in [6.45, 7) is 6.76. The van der Waals surface area contributed by atoms with Gasteiger partial charge in [0.2, 0.25) is 0 Å². The van der Waals surface area contributed by atoms with Crippen molar-refractivity contribution < 1.29 is 19.1 Å². The Hall–Kier alpha value is -0.920. The molecule has 1 atom stereocenters. The number of carbonyl (C=O) groups excluding carboxylic acids is 2. The van der Waals surface area contributed by atoms with Gasteiger partial charge in [-0.3, -0.25) is 4.79 Å². The zero-order valence-corrected chi connectivity index (χ0v) is 15.3. The van der Waals surface area contributed by atoms with E-state index in [4.69, 9.17) is 9.47 Å². The molecule has 0 aromatic carbocycles. The number of halogens is 1. The monoisotopic (exact) mass is 389 g/mol. The van der Waals surface area contributed by atoms with Crippen molar-refractivity contribution in [3.05, 3.63) is 20.8 Å². The maximum absolute atomic E-state index is 12.3. The highest BCUT2D eigenvalue weighted by Gasteiger charge is 2.32. The SMILES string of the molecule is CC(C)(C)OC(=O)N1CCOCC1CC(=O)c1cc(Br)cs1. The summed E-state index contributed by atoms with van der Waals surface area (Å²) in [6.07, 6.45) is -0.146. The van der Waals surface area contributed by atoms with Crippen LogP contribution in [-0.4, -0.2) is 48.2 Å². The Morgan fingerprint density at radius 3 is 2.82 bits per heavy atom. The van der Waals surface area contributed by atoms with Crippen LogP contribution in [0.5, 0.6) is 0 Å². The number of morpholine rings is 1. The minimum absolute atomic E-state index is 0.0137. The summed E-state index contributed by atoms with van der Waals surface area (Å²) in [5.74, 6) is 0.0137. The molecule has 0 N–H and O–H groups in total. The van der Waals surface area contributed by atoms with Crippen LogP contribution in [-0.2, 0) is 9.47 Å². The number of ether oxygens (including phenoxy) is 2. The summed E-state index contributed by atoms with van der Waals surface area (Å²) < 4.78 is 11.7. The van der Waals surface area contributed by atoms with Gasteiger partial charge in [-0.05, 0) is 42.8 Å². The molecule has 0 bridgehead atoms. The van der Waals surface area contributed by atoms with Gasteiger partial charge in [0.05, 0.1) is 24.1 Å². The molecule has 122 valence electrons. The van der Waals surface area contributed by atoms with E-state index in [1.165, 1.54) is 11.3 Å². The Labute approximate surface area is 142 Å². The topological polar surface area (TPSA) is 55.8 Å². The number of amides is 1. The third-order valence-corrected chi connectivity index (χ3v) is 4.85. The highest BCUT2D eigenvalue weighted by atomic mass is 79.9. The summed E-state index contributed by atoms with van der Waals surface area (Å²) in [7, 11) is 0. The first-order valence-electron chi connectivity index (χ1n) is 7.11. The van der Waals surface area contributed by atoms with Crippen molar-refractivity contribution in [3.8, 4) is 0 Å². The van der Waals surface area contributed by atoms with Crippen LogP contribution < -0.4 is 0 Å². The maximum atomic E-state index is 12.3. The van der Waals surface area contributed by atoms with Gasteiger partial charge in [-0.2, -0.15) is 0 Å². The molecule has 5 nitrogen and oxygen atoms in total. The average molecular weight is 390 g/mol. The molecule has 1 fully saturated rings. The van der Waals surface area contributed by atoms with E-state index in [1.807, 2.05) is 26.2 Å². The molecule has 1 unspecified atom stereocenters. The second-order valence-electron chi connectivity index (χ2n) is 6.16. The van der Waals surface area contributed by atoms with Gasteiger partial charge in [-0.1, -0.05) is 0 Å². The zero-order valence-electron chi connectivity index (χ0n) is 12.9. The van der Waals surface area contributed by atoms with E-state index in [2.05, 4.69) is 15.9 Å². The fourth-order valence-electron chi connectivity index (χ4n) is 2.16. The molecule has 2 rings (SSSR count). The summed E-state index contributed by atoms with van der Waals surface area (Å²) in [5, 5.41) is 1.87. The molecule has 0 spiro atoms. The smallest absolute Gasteiger partial charge is 0.410 e. The molecule has 22 heavy (non-hydrogen) atoms. The lowest BCUT2D eigenvalue weighted by molar-refractivity contribution is -0.0322. The highest BCUT2D eigenvalue weighted by Crippen LogP contribution is 2.23. The highest BCUT2D eigenvalue weighted by molar-refractivity contribution is 9.10. The number of rotatable bonds is 3. The lowest BCUT2D eigenvalue weighted by Gasteiger charge is -2.36. The van der Waals surface area contributed by atoms with Crippen LogP contribution in [0.1, 0.15) is 36.9 Å². The molecular formula is C15H20BrNO4S. The summed E-state index contributed by atoms with van der Waals surface area (Å²) in [5.41, 5.74) is -0.553. The van der Waals surface area contributed by atoms with Crippen LogP contribution in [0.3, 0.4) is 0 Å². The number of hydrogen-bond donors (Lipinski definition) is 0.